The second-order valence-electron chi connectivity index (χ2n) is 6.26. The number of nitrogens with zero attached hydrogens (tertiary/aromatic N) is 1. The molecule has 2 aromatic carbocycles. The lowest BCUT2D eigenvalue weighted by molar-refractivity contribution is -0.383. The lowest BCUT2D eigenvalue weighted by Crippen LogP contribution is -2.21. The summed E-state index contributed by atoms with van der Waals surface area (Å²) in [5.74, 6) is -1.40. The number of hydrogen-bond donors (Lipinski definition) is 2. The Morgan fingerprint density at radius 1 is 1.06 bits per heavy atom. The topological polar surface area (TPSA) is 137 Å². The summed E-state index contributed by atoms with van der Waals surface area (Å²) in [6.45, 7) is -0.623. The number of carbonyl (C=O) groups excluding carboxylic acids is 3. The highest BCUT2D eigenvalue weighted by molar-refractivity contribution is 6.30. The number of amides is 2. The molecule has 2 aromatic rings. The second kappa shape index (κ2) is 11.5. The average molecular weight is 450 g/mol. The van der Waals surface area contributed by atoms with E-state index in [0.29, 0.717) is 16.5 Å². The van der Waals surface area contributed by atoms with Gasteiger partial charge in [0.25, 0.3) is 11.6 Å². The van der Waals surface area contributed by atoms with Gasteiger partial charge in [0.2, 0.25) is 5.91 Å². The van der Waals surface area contributed by atoms with Gasteiger partial charge in [0, 0.05) is 35.7 Å². The molecule has 0 aromatic heterocycles. The third kappa shape index (κ3) is 7.94. The molecular formula is C20H20ClN3O7. The van der Waals surface area contributed by atoms with E-state index >= 15 is 0 Å². The number of benzene rings is 2. The number of nitro benzene ring substituents is 1. The third-order valence-corrected chi connectivity index (χ3v) is 4.17. The Kier molecular flexibility index (Phi) is 8.77. The van der Waals surface area contributed by atoms with Crippen molar-refractivity contribution in [3.8, 4) is 5.75 Å². The zero-order chi connectivity index (χ0) is 22.8. The molecule has 0 aliphatic carbocycles. The Morgan fingerprint density at radius 3 is 2.52 bits per heavy atom. The fourth-order valence-electron chi connectivity index (χ4n) is 2.49. The number of halogens is 1. The first-order chi connectivity index (χ1) is 14.8. The van der Waals surface area contributed by atoms with Crippen LogP contribution in [0.25, 0.3) is 0 Å². The van der Waals surface area contributed by atoms with Gasteiger partial charge in [-0.15, -0.1) is 0 Å². The number of nitro groups is 1. The Balaban J connectivity index is 1.74. The maximum absolute atomic E-state index is 12.0. The Labute approximate surface area is 182 Å². The molecule has 0 aliphatic heterocycles. The molecular weight excluding hydrogens is 430 g/mol. The van der Waals surface area contributed by atoms with Crippen LogP contribution in [0.1, 0.15) is 19.3 Å². The van der Waals surface area contributed by atoms with Gasteiger partial charge in [-0.25, -0.2) is 0 Å². The highest BCUT2D eigenvalue weighted by Crippen LogP contribution is 2.28. The highest BCUT2D eigenvalue weighted by atomic mass is 35.5. The molecule has 0 aliphatic rings. The quantitative estimate of drug-likeness (QED) is 0.321. The minimum absolute atomic E-state index is 0.0732. The summed E-state index contributed by atoms with van der Waals surface area (Å²) in [6, 6.07) is 10.5. The van der Waals surface area contributed by atoms with Crippen LogP contribution in [0.15, 0.2) is 42.5 Å². The van der Waals surface area contributed by atoms with Crippen molar-refractivity contribution in [2.24, 2.45) is 0 Å². The standard InChI is InChI=1S/C20H20ClN3O7/c1-30-15-8-9-17(24(28)29)16(11-15)23-19(26)12-31-20(27)7-3-6-18(25)22-14-5-2-4-13(21)10-14/h2,4-5,8-11H,3,6-7,12H2,1H3,(H,22,25)(H,23,26). The van der Waals surface area contributed by atoms with Crippen LogP contribution in [-0.4, -0.2) is 36.4 Å². The largest absolute Gasteiger partial charge is 0.497 e. The fraction of sp³-hybridized carbons (Fsp3) is 0.250. The number of rotatable bonds is 10. The number of ether oxygens (including phenoxy) is 2. The second-order valence-corrected chi connectivity index (χ2v) is 6.70. The summed E-state index contributed by atoms with van der Waals surface area (Å²) in [5.41, 5.74) is 0.137. The minimum atomic E-state index is -0.747. The van der Waals surface area contributed by atoms with Crippen molar-refractivity contribution in [2.75, 3.05) is 24.4 Å². The molecule has 2 N–H and O–H groups in total. The number of hydrogen-bond acceptors (Lipinski definition) is 7. The molecule has 0 unspecified atom stereocenters. The van der Waals surface area contributed by atoms with Gasteiger partial charge in [-0.2, -0.15) is 0 Å². The maximum atomic E-state index is 12.0. The van der Waals surface area contributed by atoms with Crippen LogP contribution in [0, 0.1) is 10.1 Å². The van der Waals surface area contributed by atoms with Gasteiger partial charge in [0.1, 0.15) is 11.4 Å². The van der Waals surface area contributed by atoms with Crippen LogP contribution in [0.2, 0.25) is 5.02 Å². The molecule has 0 atom stereocenters. The molecule has 0 fully saturated rings. The molecule has 0 bridgehead atoms. The van der Waals surface area contributed by atoms with Crippen LogP contribution in [0.3, 0.4) is 0 Å². The molecule has 164 valence electrons. The first kappa shape index (κ1) is 23.6. The van der Waals surface area contributed by atoms with Crippen LogP contribution in [0.4, 0.5) is 17.1 Å². The number of nitrogens with one attached hydrogen (secondary N) is 2. The Hall–Kier alpha value is -3.66. The van der Waals surface area contributed by atoms with E-state index in [0.717, 1.165) is 0 Å². The Morgan fingerprint density at radius 2 is 1.84 bits per heavy atom. The smallest absolute Gasteiger partial charge is 0.306 e. The Bertz CT molecular complexity index is 981. The number of carbonyl (C=O) groups is 3. The van der Waals surface area contributed by atoms with Crippen LogP contribution < -0.4 is 15.4 Å². The fourth-order valence-corrected chi connectivity index (χ4v) is 2.68. The van der Waals surface area contributed by atoms with E-state index in [1.165, 1.54) is 25.3 Å². The van der Waals surface area contributed by atoms with E-state index < -0.39 is 23.4 Å². The van der Waals surface area contributed by atoms with Crippen LogP contribution in [0.5, 0.6) is 5.75 Å². The summed E-state index contributed by atoms with van der Waals surface area (Å²) < 4.78 is 9.83. The van der Waals surface area contributed by atoms with Crippen LogP contribution in [-0.2, 0) is 19.1 Å². The van der Waals surface area contributed by atoms with E-state index in [4.69, 9.17) is 21.1 Å². The van der Waals surface area contributed by atoms with Crippen molar-refractivity contribution in [1.82, 2.24) is 0 Å². The first-order valence-electron chi connectivity index (χ1n) is 9.12. The molecule has 0 spiro atoms. The van der Waals surface area contributed by atoms with E-state index in [-0.39, 0.29) is 36.5 Å². The predicted octanol–water partition coefficient (Wildman–Crippen LogP) is 3.55. The summed E-state index contributed by atoms with van der Waals surface area (Å²) in [5, 5.41) is 16.5. The molecule has 2 rings (SSSR count). The lowest BCUT2D eigenvalue weighted by atomic mass is 10.2. The molecule has 2 amide bonds. The molecule has 11 heteroatoms. The molecule has 10 nitrogen and oxygen atoms in total. The van der Waals surface area contributed by atoms with E-state index in [1.807, 2.05) is 0 Å². The summed E-state index contributed by atoms with van der Waals surface area (Å²) >= 11 is 5.84. The molecule has 0 saturated heterocycles. The van der Waals surface area contributed by atoms with Gasteiger partial charge >= 0.3 is 5.97 Å². The van der Waals surface area contributed by atoms with Crippen molar-refractivity contribution >= 4 is 46.4 Å². The van der Waals surface area contributed by atoms with Crippen molar-refractivity contribution in [3.05, 3.63) is 57.6 Å². The molecule has 0 saturated carbocycles. The van der Waals surface area contributed by atoms with Gasteiger partial charge in [-0.3, -0.25) is 24.5 Å². The summed E-state index contributed by atoms with van der Waals surface area (Å²) in [4.78, 5) is 46.0. The van der Waals surface area contributed by atoms with Crippen LogP contribution >= 0.6 is 11.6 Å². The SMILES string of the molecule is COc1ccc([N+](=O)[O-])c(NC(=O)COC(=O)CCCC(=O)Nc2cccc(Cl)c2)c1. The molecule has 0 heterocycles. The molecule has 0 radical (unpaired) electrons. The van der Waals surface area contributed by atoms with Gasteiger partial charge in [0.15, 0.2) is 6.61 Å². The third-order valence-electron chi connectivity index (χ3n) is 3.93. The van der Waals surface area contributed by atoms with Gasteiger partial charge < -0.3 is 20.1 Å². The zero-order valence-electron chi connectivity index (χ0n) is 16.6. The predicted molar refractivity (Wildman–Crippen MR) is 113 cm³/mol. The average Bonchev–Trinajstić information content (AvgIpc) is 2.72. The number of anilines is 2. The first-order valence-corrected chi connectivity index (χ1v) is 9.49. The minimum Gasteiger partial charge on any atom is -0.497 e. The summed E-state index contributed by atoms with van der Waals surface area (Å²) in [7, 11) is 1.38. The van der Waals surface area contributed by atoms with Crippen molar-refractivity contribution in [3.63, 3.8) is 0 Å². The van der Waals surface area contributed by atoms with E-state index in [9.17, 15) is 24.5 Å². The highest BCUT2D eigenvalue weighted by Gasteiger charge is 2.18. The van der Waals surface area contributed by atoms with E-state index in [1.54, 1.807) is 24.3 Å². The van der Waals surface area contributed by atoms with Gasteiger partial charge in [0.05, 0.1) is 12.0 Å². The number of esters is 1. The number of methoxy groups -OCH3 is 1. The summed E-state index contributed by atoms with van der Waals surface area (Å²) in [6.07, 6.45) is 0.216. The zero-order valence-corrected chi connectivity index (χ0v) is 17.3. The normalized spacial score (nSPS) is 10.1. The van der Waals surface area contributed by atoms with Gasteiger partial charge in [-0.1, -0.05) is 17.7 Å². The van der Waals surface area contributed by atoms with Crippen molar-refractivity contribution in [1.29, 1.82) is 0 Å². The van der Waals surface area contributed by atoms with Crippen molar-refractivity contribution < 1.29 is 28.8 Å². The van der Waals surface area contributed by atoms with Gasteiger partial charge in [-0.05, 0) is 30.7 Å². The maximum Gasteiger partial charge on any atom is 0.306 e. The van der Waals surface area contributed by atoms with Crippen molar-refractivity contribution in [2.45, 2.75) is 19.3 Å². The van der Waals surface area contributed by atoms with E-state index in [2.05, 4.69) is 10.6 Å². The molecule has 31 heavy (non-hydrogen) atoms. The monoisotopic (exact) mass is 449 g/mol. The lowest BCUT2D eigenvalue weighted by Gasteiger charge is -2.09.